The van der Waals surface area contributed by atoms with Crippen LogP contribution in [0.25, 0.3) is 44.5 Å². The molecule has 4 aliphatic rings. The number of carbonyl (C=O) groups is 4. The number of ether oxygens (including phenoxy) is 8. The van der Waals surface area contributed by atoms with E-state index >= 15 is 0 Å². The van der Waals surface area contributed by atoms with Crippen molar-refractivity contribution in [2.24, 2.45) is 0 Å². The fraction of sp³-hybridized carbons (Fsp3) is 0.315. The van der Waals surface area contributed by atoms with Crippen LogP contribution in [-0.2, 0) is 103 Å². The number of aryl methyl sites for hydroxylation is 4. The van der Waals surface area contributed by atoms with E-state index in [2.05, 4.69) is 120 Å². The number of carbonyl (C=O) groups excluding carboxylic acids is 4. The highest BCUT2D eigenvalue weighted by Crippen LogP contribution is 2.42. The van der Waals surface area contributed by atoms with Crippen molar-refractivity contribution >= 4 is 63.0 Å². The third kappa shape index (κ3) is 27.3. The summed E-state index contributed by atoms with van der Waals surface area (Å²) in [6.07, 6.45) is 6.50. The van der Waals surface area contributed by atoms with E-state index in [9.17, 15) is 62.4 Å². The second kappa shape index (κ2) is 52.2. The summed E-state index contributed by atoms with van der Waals surface area (Å²) in [6, 6.07) is 94.7. The molecule has 0 saturated carbocycles. The summed E-state index contributed by atoms with van der Waals surface area (Å²) in [5.41, 5.74) is 20.0. The second-order valence-corrected chi connectivity index (χ2v) is 44.6. The van der Waals surface area contributed by atoms with Gasteiger partial charge in [0.25, 0.3) is 23.6 Å². The number of piperidine rings is 1. The first-order valence-corrected chi connectivity index (χ1v) is 54.0. The number of likely N-dealkylation sites (tertiary alicyclic amines) is 1. The quantitative estimate of drug-likeness (QED) is 0.0101. The SMILES string of the molecule is COCCN1CCC(C(=O)NO)(S(=O)(=O)c2ccc(OCCCc3cccc(-c4ccccc4)c3)cc2)CC1.O=C(NO)C1(S(=O)(=O)c2ccc(OCCCc3ccc(-c4ccccc4)cc3)cc2)CCOCC1.O=C(NO)C1(S(=O)(=O)c2ccc(OCCCc3cccc(-c4ccc(F)cc4)c3)cc2)CCOCC1.O=C(NO)C1(S(=O)(=O)c2ccc(OCCCc3cccc(-c4ccccc4)c3)cc2)CCOCC1. The average molecular weight is 2060 g/mol. The van der Waals surface area contributed by atoms with E-state index in [-0.39, 0.29) is 116 Å². The number of sulfone groups is 4. The van der Waals surface area contributed by atoms with E-state index in [1.807, 2.05) is 72.8 Å². The van der Waals surface area contributed by atoms with Gasteiger partial charge in [0.15, 0.2) is 58.3 Å². The van der Waals surface area contributed by atoms with Crippen LogP contribution in [0, 0.1) is 5.82 Å². The van der Waals surface area contributed by atoms with Crippen molar-refractivity contribution in [2.75, 3.05) is 99.4 Å². The largest absolute Gasteiger partial charge is 0.494 e. The molecule has 0 aliphatic carbocycles. The maximum atomic E-state index is 13.6. The number of methoxy groups -OCH3 is 1. The fourth-order valence-corrected chi connectivity index (χ4v) is 25.9. The maximum Gasteiger partial charge on any atom is 0.265 e. The van der Waals surface area contributed by atoms with E-state index in [0.29, 0.717) is 75.7 Å². The van der Waals surface area contributed by atoms with Gasteiger partial charge in [-0.1, -0.05) is 200 Å². The highest BCUT2D eigenvalue weighted by atomic mass is 32.2. The van der Waals surface area contributed by atoms with Gasteiger partial charge in [-0.3, -0.25) is 40.0 Å². The van der Waals surface area contributed by atoms with Crippen molar-refractivity contribution in [3.05, 3.63) is 337 Å². The Morgan fingerprint density at radius 3 is 0.814 bits per heavy atom. The number of rotatable bonds is 39. The summed E-state index contributed by atoms with van der Waals surface area (Å²) >= 11 is 0. The van der Waals surface area contributed by atoms with Crippen LogP contribution in [0.1, 0.15) is 99.3 Å². The van der Waals surface area contributed by atoms with Crippen molar-refractivity contribution in [3.63, 3.8) is 0 Å². The van der Waals surface area contributed by atoms with Crippen LogP contribution in [0.5, 0.6) is 23.0 Å². The summed E-state index contributed by atoms with van der Waals surface area (Å²) in [4.78, 5) is 51.8. The van der Waals surface area contributed by atoms with Gasteiger partial charge in [-0.2, -0.15) is 0 Å². The van der Waals surface area contributed by atoms with E-state index in [1.165, 1.54) is 127 Å². The fourth-order valence-electron chi connectivity index (χ4n) is 18.1. The normalized spacial score (nSPS) is 15.4. The van der Waals surface area contributed by atoms with Gasteiger partial charge < -0.3 is 42.8 Å². The maximum absolute atomic E-state index is 13.6. The summed E-state index contributed by atoms with van der Waals surface area (Å²) in [5, 5.41) is 36.8. The second-order valence-electron chi connectivity index (χ2n) is 35.5. The van der Waals surface area contributed by atoms with Gasteiger partial charge in [0.05, 0.1) is 52.6 Å². The van der Waals surface area contributed by atoms with Crippen LogP contribution >= 0.6 is 0 Å². The van der Waals surface area contributed by atoms with Gasteiger partial charge in [-0.25, -0.2) is 60.0 Å². The predicted octanol–water partition coefficient (Wildman–Crippen LogP) is 16.8. The van der Waals surface area contributed by atoms with Crippen LogP contribution in [0.4, 0.5) is 4.39 Å². The number of nitrogens with zero attached hydrogens (tertiary/aromatic N) is 1. The molecule has 0 spiro atoms. The molecule has 0 unspecified atom stereocenters. The van der Waals surface area contributed by atoms with Gasteiger partial charge in [-0.05, 0) is 279 Å². The van der Waals surface area contributed by atoms with E-state index in [1.54, 1.807) is 73.3 Å². The average Bonchev–Trinajstić information content (AvgIpc) is 0.744. The molecular formula is C111H122FN5O24S4. The highest BCUT2D eigenvalue weighted by molar-refractivity contribution is 7.94. The van der Waals surface area contributed by atoms with Crippen molar-refractivity contribution < 1.29 is 116 Å². The lowest BCUT2D eigenvalue weighted by Crippen LogP contribution is -2.57. The molecule has 8 N–H and O–H groups in total. The van der Waals surface area contributed by atoms with Gasteiger partial charge >= 0.3 is 0 Å². The topological polar surface area (TPSA) is 411 Å². The molecule has 0 radical (unpaired) electrons. The lowest BCUT2D eigenvalue weighted by atomic mass is 9.95. The van der Waals surface area contributed by atoms with E-state index in [0.717, 1.165) is 68.1 Å². The molecule has 0 aromatic heterocycles. The molecule has 4 heterocycles. The standard InChI is InChI=1S/C30H36N2O6S.C27H28FNO6S.2C27H29NO6S/c1-37-22-20-32-18-16-30(17-19-32,29(33)31-34)39(35,36)28-14-12-27(13-15-28)38-21-6-8-24-7-5-11-26(23-24)25-9-3-2-4-10-25;28-23-8-6-21(7-9-23)22-5-1-3-20(19-22)4-2-16-35-24-10-12-25(13-11-24)36(32,33)27(26(30)29-31)14-17-34-18-15-27;29-26(28-30)27(15-18-33-19-16-27)35(31,32)25-13-11-24(12-14-25)34-17-5-7-21-6-4-10-23(20-21)22-8-2-1-3-9-22;29-26(28-30)27(16-19-33-20-17-27)35(31,32)25-14-12-24(13-15-25)34-18-4-5-21-8-10-23(11-9-21)22-6-2-1-3-7-22/h2-5,7,9-15,23,34H,6,8,16-22H2,1H3,(H,31,33);1,3,5-13,19,31H,2,4,14-18H2,(H,29,30);1-4,6,8-14,20,30H,5,7,15-19H2,(H,28,29);1-3,6-15,30H,4-5,16-20H2,(H,28,29). The molecule has 766 valence electrons. The minimum absolute atomic E-state index is 0.00748. The van der Waals surface area contributed by atoms with Crippen LogP contribution in [0.15, 0.2) is 329 Å². The van der Waals surface area contributed by atoms with Crippen molar-refractivity contribution in [1.29, 1.82) is 0 Å². The Labute approximate surface area is 845 Å². The van der Waals surface area contributed by atoms with Crippen LogP contribution in [-0.4, -0.2) is 201 Å². The molecule has 145 heavy (non-hydrogen) atoms. The lowest BCUT2D eigenvalue weighted by Gasteiger charge is -2.39. The smallest absolute Gasteiger partial charge is 0.265 e. The molecule has 29 nitrogen and oxygen atoms in total. The molecule has 4 aliphatic heterocycles. The first-order valence-electron chi connectivity index (χ1n) is 48.1. The molecule has 16 rings (SSSR count). The summed E-state index contributed by atoms with van der Waals surface area (Å²) in [5.74, 6) is -1.80. The Bertz CT molecular complexity index is 6680. The lowest BCUT2D eigenvalue weighted by molar-refractivity contribution is -0.135. The van der Waals surface area contributed by atoms with Crippen LogP contribution in [0.3, 0.4) is 0 Å². The Morgan fingerprint density at radius 1 is 0.297 bits per heavy atom. The Kier molecular flexibility index (Phi) is 39.4. The molecule has 12 aromatic rings. The first-order chi connectivity index (χ1) is 70.2. The monoisotopic (exact) mass is 2060 g/mol. The Balaban J connectivity index is 0.000000162. The van der Waals surface area contributed by atoms with Crippen LogP contribution < -0.4 is 40.9 Å². The van der Waals surface area contributed by atoms with Crippen molar-refractivity contribution in [2.45, 2.75) is 141 Å². The number of nitrogens with one attached hydrogen (secondary N) is 4. The number of hydroxylamine groups is 4. The minimum atomic E-state index is -4.07. The van der Waals surface area contributed by atoms with Gasteiger partial charge in [0, 0.05) is 66.4 Å². The predicted molar refractivity (Wildman–Crippen MR) is 546 cm³/mol. The van der Waals surface area contributed by atoms with Crippen molar-refractivity contribution in [1.82, 2.24) is 26.8 Å². The van der Waals surface area contributed by atoms with E-state index < -0.39 is 82.0 Å². The molecule has 4 amide bonds. The molecule has 4 saturated heterocycles. The van der Waals surface area contributed by atoms with Crippen molar-refractivity contribution in [3.8, 4) is 67.5 Å². The highest BCUT2D eigenvalue weighted by Gasteiger charge is 2.56. The molecule has 4 fully saturated rings. The molecule has 0 atom stereocenters. The summed E-state index contributed by atoms with van der Waals surface area (Å²) in [6.45, 7) is 4.60. The Morgan fingerprint density at radius 2 is 0.538 bits per heavy atom. The molecule has 34 heteroatoms. The number of amides is 4. The number of benzene rings is 12. The zero-order valence-corrected chi connectivity index (χ0v) is 83.8. The summed E-state index contributed by atoms with van der Waals surface area (Å²) < 4.78 is 157. The first kappa shape index (κ1) is 109. The number of halogens is 1. The zero-order valence-electron chi connectivity index (χ0n) is 80.6. The van der Waals surface area contributed by atoms with Gasteiger partial charge in [-0.15, -0.1) is 0 Å². The summed E-state index contributed by atoms with van der Waals surface area (Å²) in [7, 11) is -14.6. The minimum Gasteiger partial charge on any atom is -0.494 e. The third-order valence-corrected chi connectivity index (χ3v) is 36.6. The molecule has 0 bridgehead atoms. The van der Waals surface area contributed by atoms with Gasteiger partial charge in [0.2, 0.25) is 0 Å². The zero-order chi connectivity index (χ0) is 103. The number of hydrogen-bond acceptors (Lipinski definition) is 25. The Hall–Kier alpha value is -12.9. The van der Waals surface area contributed by atoms with Crippen LogP contribution in [0.2, 0.25) is 0 Å². The van der Waals surface area contributed by atoms with Gasteiger partial charge in [0.1, 0.15) is 28.8 Å². The third-order valence-electron chi connectivity index (χ3n) is 26.6. The van der Waals surface area contributed by atoms with E-state index in [4.69, 9.17) is 53.5 Å². The number of hydrogen-bond donors (Lipinski definition) is 8. The molecule has 12 aromatic carbocycles. The molecular weight excluding hydrogens is 1930 g/mol.